The predicted octanol–water partition coefficient (Wildman–Crippen LogP) is 2.11. The largest absolute Gasteiger partial charge is 0.391 e. The number of nitrogens with one attached hydrogen (secondary N) is 1. The Hall–Kier alpha value is -1.39. The van der Waals surface area contributed by atoms with Crippen LogP contribution in [0.25, 0.3) is 0 Å². The van der Waals surface area contributed by atoms with Crippen LogP contribution in [0.3, 0.4) is 0 Å². The molecule has 0 fully saturated rings. The fourth-order valence-electron chi connectivity index (χ4n) is 1.47. The van der Waals surface area contributed by atoms with Crippen molar-refractivity contribution in [3.8, 4) is 0 Å². The van der Waals surface area contributed by atoms with Gasteiger partial charge in [0.15, 0.2) is 0 Å². The summed E-state index contributed by atoms with van der Waals surface area (Å²) in [5.74, 6) is -0.163. The number of aliphatic hydroxyl groups is 1. The highest BCUT2D eigenvalue weighted by molar-refractivity contribution is 5.94. The summed E-state index contributed by atoms with van der Waals surface area (Å²) >= 11 is 0. The summed E-state index contributed by atoms with van der Waals surface area (Å²) in [6, 6.07) is 7.31. The molecule has 1 amide bonds. The number of aliphatic hydroxyl groups excluding tert-OH is 1. The minimum Gasteiger partial charge on any atom is -0.391 e. The van der Waals surface area contributed by atoms with Crippen molar-refractivity contribution < 1.29 is 14.6 Å². The summed E-state index contributed by atoms with van der Waals surface area (Å²) in [5.41, 5.74) is 1.63. The summed E-state index contributed by atoms with van der Waals surface area (Å²) in [6.45, 7) is 6.68. The van der Waals surface area contributed by atoms with Gasteiger partial charge in [-0.15, -0.1) is 0 Å². The summed E-state index contributed by atoms with van der Waals surface area (Å²) in [5, 5.41) is 12.1. The lowest BCUT2D eigenvalue weighted by atomic mass is 10.1. The Labute approximate surface area is 114 Å². The zero-order valence-corrected chi connectivity index (χ0v) is 11.8. The number of amides is 1. The van der Waals surface area contributed by atoms with Crippen molar-refractivity contribution in [2.75, 3.05) is 6.54 Å². The van der Waals surface area contributed by atoms with E-state index in [4.69, 9.17) is 4.74 Å². The van der Waals surface area contributed by atoms with E-state index < -0.39 is 6.10 Å². The second-order valence-corrected chi connectivity index (χ2v) is 4.83. The van der Waals surface area contributed by atoms with Crippen LogP contribution in [0.5, 0.6) is 0 Å². The third kappa shape index (κ3) is 5.85. The highest BCUT2D eigenvalue weighted by atomic mass is 16.5. The van der Waals surface area contributed by atoms with Crippen molar-refractivity contribution in [1.82, 2.24) is 5.32 Å². The second-order valence-electron chi connectivity index (χ2n) is 4.83. The number of ether oxygens (including phenoxy) is 1. The monoisotopic (exact) mass is 265 g/mol. The fourth-order valence-corrected chi connectivity index (χ4v) is 1.47. The molecule has 0 saturated heterocycles. The molecular weight excluding hydrogens is 242 g/mol. The molecule has 1 aromatic rings. The molecule has 106 valence electrons. The van der Waals surface area contributed by atoms with E-state index in [1.807, 2.05) is 32.9 Å². The van der Waals surface area contributed by atoms with Gasteiger partial charge in [-0.05, 0) is 38.0 Å². The summed E-state index contributed by atoms with van der Waals surface area (Å²) in [4.78, 5) is 11.8. The Morgan fingerprint density at radius 3 is 2.47 bits per heavy atom. The van der Waals surface area contributed by atoms with E-state index in [9.17, 15) is 9.90 Å². The minimum atomic E-state index is -0.484. The van der Waals surface area contributed by atoms with Crippen LogP contribution in [-0.4, -0.2) is 29.8 Å². The molecule has 4 nitrogen and oxygen atoms in total. The molecular formula is C15H23NO3. The van der Waals surface area contributed by atoms with Crippen molar-refractivity contribution in [1.29, 1.82) is 0 Å². The topological polar surface area (TPSA) is 58.6 Å². The zero-order chi connectivity index (χ0) is 14.3. The first kappa shape index (κ1) is 15.7. The van der Waals surface area contributed by atoms with Gasteiger partial charge in [-0.1, -0.05) is 19.1 Å². The number of rotatable bonds is 7. The molecule has 1 unspecified atom stereocenters. The normalized spacial score (nSPS) is 12.5. The van der Waals surface area contributed by atoms with Crippen molar-refractivity contribution in [3.05, 3.63) is 35.4 Å². The first-order valence-corrected chi connectivity index (χ1v) is 6.69. The molecule has 1 rings (SSSR count). The van der Waals surface area contributed by atoms with Crippen molar-refractivity contribution in [3.63, 3.8) is 0 Å². The molecule has 2 N–H and O–H groups in total. The van der Waals surface area contributed by atoms with Crippen LogP contribution in [0.1, 0.15) is 43.1 Å². The minimum absolute atomic E-state index is 0.163. The molecule has 0 aliphatic heterocycles. The first-order chi connectivity index (χ1) is 9.02. The molecule has 1 atom stereocenters. The number of hydrogen-bond acceptors (Lipinski definition) is 3. The van der Waals surface area contributed by atoms with Crippen LogP contribution in [0.4, 0.5) is 0 Å². The molecule has 0 aliphatic rings. The molecule has 0 aliphatic carbocycles. The lowest BCUT2D eigenvalue weighted by Gasteiger charge is -2.10. The predicted molar refractivity (Wildman–Crippen MR) is 75.0 cm³/mol. The van der Waals surface area contributed by atoms with E-state index in [1.165, 1.54) is 0 Å². The maximum atomic E-state index is 11.8. The maximum Gasteiger partial charge on any atom is 0.251 e. The van der Waals surface area contributed by atoms with Gasteiger partial charge < -0.3 is 15.2 Å². The Balaban J connectivity index is 2.48. The maximum absolute atomic E-state index is 11.8. The van der Waals surface area contributed by atoms with Crippen LogP contribution in [0, 0.1) is 0 Å². The molecule has 0 heterocycles. The van der Waals surface area contributed by atoms with Crippen LogP contribution in [-0.2, 0) is 11.3 Å². The SMILES string of the molecule is CCC(O)CNC(=O)c1ccc(COC(C)C)cc1. The van der Waals surface area contributed by atoms with Gasteiger partial charge in [-0.25, -0.2) is 0 Å². The zero-order valence-electron chi connectivity index (χ0n) is 11.8. The third-order valence-electron chi connectivity index (χ3n) is 2.77. The summed E-state index contributed by atoms with van der Waals surface area (Å²) in [6.07, 6.45) is 0.340. The Bertz CT molecular complexity index is 387. The van der Waals surface area contributed by atoms with Gasteiger partial charge in [-0.2, -0.15) is 0 Å². The molecule has 4 heteroatoms. The Morgan fingerprint density at radius 1 is 1.32 bits per heavy atom. The van der Waals surface area contributed by atoms with E-state index in [-0.39, 0.29) is 18.6 Å². The van der Waals surface area contributed by atoms with Gasteiger partial charge >= 0.3 is 0 Å². The van der Waals surface area contributed by atoms with Crippen molar-refractivity contribution in [2.24, 2.45) is 0 Å². The van der Waals surface area contributed by atoms with Gasteiger partial charge in [0.25, 0.3) is 5.91 Å². The van der Waals surface area contributed by atoms with E-state index in [0.717, 1.165) is 5.56 Å². The van der Waals surface area contributed by atoms with Crippen molar-refractivity contribution in [2.45, 2.75) is 46.0 Å². The second kappa shape index (κ2) is 7.92. The fraction of sp³-hybridized carbons (Fsp3) is 0.533. The molecule has 0 spiro atoms. The Kier molecular flexibility index (Phi) is 6.53. The van der Waals surface area contributed by atoms with Crippen LogP contribution in [0.15, 0.2) is 24.3 Å². The van der Waals surface area contributed by atoms with Crippen molar-refractivity contribution >= 4 is 5.91 Å². The lowest BCUT2D eigenvalue weighted by Crippen LogP contribution is -2.31. The standard InChI is InChI=1S/C15H23NO3/c1-4-14(17)9-16-15(18)13-7-5-12(6-8-13)10-19-11(2)3/h5-8,11,14,17H,4,9-10H2,1-3H3,(H,16,18). The van der Waals surface area contributed by atoms with Gasteiger partial charge in [0.05, 0.1) is 18.8 Å². The van der Waals surface area contributed by atoms with E-state index >= 15 is 0 Å². The molecule has 0 saturated carbocycles. The molecule has 0 aromatic heterocycles. The average Bonchev–Trinajstić information content (AvgIpc) is 2.42. The number of benzene rings is 1. The van der Waals surface area contributed by atoms with E-state index in [0.29, 0.717) is 18.6 Å². The third-order valence-corrected chi connectivity index (χ3v) is 2.77. The number of carbonyl (C=O) groups excluding carboxylic acids is 1. The average molecular weight is 265 g/mol. The van der Waals surface area contributed by atoms with Gasteiger partial charge in [-0.3, -0.25) is 4.79 Å². The van der Waals surface area contributed by atoms with Crippen LogP contribution < -0.4 is 5.32 Å². The quantitative estimate of drug-likeness (QED) is 0.794. The van der Waals surface area contributed by atoms with E-state index in [2.05, 4.69) is 5.32 Å². The molecule has 1 aromatic carbocycles. The summed E-state index contributed by atoms with van der Waals surface area (Å²) < 4.78 is 5.49. The highest BCUT2D eigenvalue weighted by Gasteiger charge is 2.07. The first-order valence-electron chi connectivity index (χ1n) is 6.69. The molecule has 19 heavy (non-hydrogen) atoms. The molecule has 0 bridgehead atoms. The molecule has 0 radical (unpaired) electrons. The summed E-state index contributed by atoms with van der Waals surface area (Å²) in [7, 11) is 0. The lowest BCUT2D eigenvalue weighted by molar-refractivity contribution is 0.0656. The Morgan fingerprint density at radius 2 is 1.95 bits per heavy atom. The van der Waals surface area contributed by atoms with Crippen LogP contribution >= 0.6 is 0 Å². The highest BCUT2D eigenvalue weighted by Crippen LogP contribution is 2.07. The van der Waals surface area contributed by atoms with Crippen LogP contribution in [0.2, 0.25) is 0 Å². The van der Waals surface area contributed by atoms with Gasteiger partial charge in [0.1, 0.15) is 0 Å². The number of hydrogen-bond donors (Lipinski definition) is 2. The van der Waals surface area contributed by atoms with Gasteiger partial charge in [0.2, 0.25) is 0 Å². The number of carbonyl (C=O) groups is 1. The van der Waals surface area contributed by atoms with Gasteiger partial charge in [0, 0.05) is 12.1 Å². The smallest absolute Gasteiger partial charge is 0.251 e. The van der Waals surface area contributed by atoms with E-state index in [1.54, 1.807) is 12.1 Å².